The topological polar surface area (TPSA) is 56.8 Å². The molecule has 4 heterocycles. The van der Waals surface area contributed by atoms with Crippen molar-refractivity contribution in [2.75, 3.05) is 0 Å². The maximum absolute atomic E-state index is 12.1. The van der Waals surface area contributed by atoms with Crippen molar-refractivity contribution in [2.45, 2.75) is 69.1 Å². The molecule has 20 heavy (non-hydrogen) atoms. The van der Waals surface area contributed by atoms with Crippen molar-refractivity contribution < 1.29 is 19.0 Å². The number of hydrogen-bond acceptors (Lipinski definition) is 4. The molecule has 1 N–H and O–H groups in total. The first kappa shape index (κ1) is 14.6. The van der Waals surface area contributed by atoms with Gasteiger partial charge in [0, 0.05) is 11.8 Å². The van der Waals surface area contributed by atoms with Gasteiger partial charge in [0.05, 0.1) is 17.0 Å². The molecule has 4 saturated heterocycles. The van der Waals surface area contributed by atoms with Crippen LogP contribution in [0.5, 0.6) is 0 Å². The minimum Gasteiger partial charge on any atom is -0.444 e. The van der Waals surface area contributed by atoms with E-state index in [1.807, 2.05) is 20.8 Å². The molecule has 114 valence electrons. The van der Waals surface area contributed by atoms with Crippen LogP contribution in [-0.4, -0.2) is 40.6 Å². The Balaban J connectivity index is 1.81. The Morgan fingerprint density at radius 2 is 1.90 bits per heavy atom. The zero-order chi connectivity index (χ0) is 14.9. The molecule has 4 aliphatic heterocycles. The monoisotopic (exact) mass is 347 g/mol. The molecule has 0 aromatic carbocycles. The molecule has 0 aromatic heterocycles. The highest BCUT2D eigenvalue weighted by atomic mass is 79.9. The quantitative estimate of drug-likeness (QED) is 0.740. The number of hydrogen-bond donors (Lipinski definition) is 1. The lowest BCUT2D eigenvalue weighted by molar-refractivity contribution is -0.176. The molecule has 0 radical (unpaired) electrons. The normalized spacial score (nSPS) is 49.5. The van der Waals surface area contributed by atoms with E-state index in [-0.39, 0.29) is 29.1 Å². The number of amides is 1. The van der Waals surface area contributed by atoms with E-state index in [0.717, 1.165) is 0 Å². The van der Waals surface area contributed by atoms with Crippen LogP contribution in [0.15, 0.2) is 0 Å². The van der Waals surface area contributed by atoms with Gasteiger partial charge in [0.15, 0.2) is 5.72 Å². The molecular weight excluding hydrogens is 326 g/mol. The zero-order valence-electron chi connectivity index (χ0n) is 12.5. The average molecular weight is 348 g/mol. The van der Waals surface area contributed by atoms with Gasteiger partial charge in [-0.2, -0.15) is 0 Å². The van der Waals surface area contributed by atoms with Gasteiger partial charge in [-0.15, -0.1) is 0 Å². The Morgan fingerprint density at radius 1 is 1.25 bits per heavy atom. The molecule has 4 rings (SSSR count). The van der Waals surface area contributed by atoms with Gasteiger partial charge in [0.1, 0.15) is 11.7 Å². The van der Waals surface area contributed by atoms with E-state index in [1.54, 1.807) is 0 Å². The first-order valence-corrected chi connectivity index (χ1v) is 8.06. The van der Waals surface area contributed by atoms with E-state index in [4.69, 9.17) is 14.2 Å². The second-order valence-electron chi connectivity index (χ2n) is 7.12. The van der Waals surface area contributed by atoms with Gasteiger partial charge in [0.2, 0.25) is 0 Å². The average Bonchev–Trinajstić information content (AvgIpc) is 2.66. The summed E-state index contributed by atoms with van der Waals surface area (Å²) in [6, 6.07) is 0. The Hall–Kier alpha value is -0.330. The van der Waals surface area contributed by atoms with Crippen molar-refractivity contribution in [3.05, 3.63) is 0 Å². The fourth-order valence-electron chi connectivity index (χ4n) is 3.66. The lowest BCUT2D eigenvalue weighted by atomic mass is 9.83. The van der Waals surface area contributed by atoms with Crippen molar-refractivity contribution in [2.24, 2.45) is 11.8 Å². The summed E-state index contributed by atoms with van der Waals surface area (Å²) in [4.78, 5) is 12.1. The highest BCUT2D eigenvalue weighted by molar-refractivity contribution is 9.09. The molecule has 4 aliphatic rings. The Labute approximate surface area is 127 Å². The molecule has 6 heteroatoms. The summed E-state index contributed by atoms with van der Waals surface area (Å²) in [5, 5.41) is 2.95. The summed E-state index contributed by atoms with van der Waals surface area (Å²) < 4.78 is 17.6. The zero-order valence-corrected chi connectivity index (χ0v) is 14.1. The van der Waals surface area contributed by atoms with Crippen LogP contribution in [0.1, 0.15) is 34.6 Å². The SMILES string of the molecule is C[C@@H]1[C@@H]2O[C@]3(NC(=O)OC(C)(C)C)[C@@H](C)[C@H]1O[C@H]2[C@@H]3Br. The second kappa shape index (κ2) is 4.34. The third-order valence-corrected chi connectivity index (χ3v) is 5.77. The largest absolute Gasteiger partial charge is 0.444 e. The molecule has 4 fully saturated rings. The van der Waals surface area contributed by atoms with Gasteiger partial charge in [-0.1, -0.05) is 29.8 Å². The van der Waals surface area contributed by atoms with E-state index in [1.165, 1.54) is 0 Å². The van der Waals surface area contributed by atoms with Crippen LogP contribution in [0.2, 0.25) is 0 Å². The molecule has 0 saturated carbocycles. The number of alkyl carbamates (subject to hydrolysis) is 1. The lowest BCUT2D eigenvalue weighted by Gasteiger charge is -2.47. The molecule has 7 atom stereocenters. The van der Waals surface area contributed by atoms with Crippen molar-refractivity contribution in [3.63, 3.8) is 0 Å². The highest BCUT2D eigenvalue weighted by Crippen LogP contribution is 2.56. The number of alkyl halides is 1. The first-order chi connectivity index (χ1) is 9.16. The third-order valence-electron chi connectivity index (χ3n) is 4.57. The van der Waals surface area contributed by atoms with E-state index in [2.05, 4.69) is 35.1 Å². The van der Waals surface area contributed by atoms with E-state index >= 15 is 0 Å². The van der Waals surface area contributed by atoms with Gasteiger partial charge in [0.25, 0.3) is 0 Å². The van der Waals surface area contributed by atoms with E-state index in [0.29, 0.717) is 5.92 Å². The maximum atomic E-state index is 12.1. The van der Waals surface area contributed by atoms with Crippen LogP contribution in [0.3, 0.4) is 0 Å². The molecule has 1 amide bonds. The van der Waals surface area contributed by atoms with Crippen molar-refractivity contribution in [1.29, 1.82) is 0 Å². The summed E-state index contributed by atoms with van der Waals surface area (Å²) >= 11 is 3.66. The van der Waals surface area contributed by atoms with Gasteiger partial charge in [-0.05, 0) is 20.8 Å². The fraction of sp³-hybridized carbons (Fsp3) is 0.929. The van der Waals surface area contributed by atoms with Gasteiger partial charge in [-0.3, -0.25) is 5.32 Å². The number of halogens is 1. The minimum atomic E-state index is -0.729. The Morgan fingerprint density at radius 3 is 2.45 bits per heavy atom. The lowest BCUT2D eigenvalue weighted by Crippen LogP contribution is -2.66. The Kier molecular flexibility index (Phi) is 3.16. The highest BCUT2D eigenvalue weighted by Gasteiger charge is 2.71. The van der Waals surface area contributed by atoms with Crippen LogP contribution in [0, 0.1) is 11.8 Å². The van der Waals surface area contributed by atoms with Crippen molar-refractivity contribution in [3.8, 4) is 0 Å². The fourth-order valence-corrected chi connectivity index (χ4v) is 4.73. The van der Waals surface area contributed by atoms with Gasteiger partial charge >= 0.3 is 6.09 Å². The van der Waals surface area contributed by atoms with Crippen LogP contribution in [0.25, 0.3) is 0 Å². The number of nitrogens with one attached hydrogen (secondary N) is 1. The predicted molar refractivity (Wildman–Crippen MR) is 76.7 cm³/mol. The number of carbonyl (C=O) groups is 1. The maximum Gasteiger partial charge on any atom is 0.409 e. The van der Waals surface area contributed by atoms with Crippen molar-refractivity contribution in [1.82, 2.24) is 5.32 Å². The van der Waals surface area contributed by atoms with Crippen molar-refractivity contribution >= 4 is 22.0 Å². The molecule has 0 unspecified atom stereocenters. The van der Waals surface area contributed by atoms with Crippen LogP contribution < -0.4 is 5.32 Å². The number of ether oxygens (including phenoxy) is 3. The summed E-state index contributed by atoms with van der Waals surface area (Å²) in [6.07, 6.45) is -0.275. The van der Waals surface area contributed by atoms with Gasteiger partial charge in [-0.25, -0.2) is 4.79 Å². The van der Waals surface area contributed by atoms with E-state index in [9.17, 15) is 4.79 Å². The van der Waals surface area contributed by atoms with E-state index < -0.39 is 17.4 Å². The smallest absolute Gasteiger partial charge is 0.409 e. The molecule has 4 bridgehead atoms. The number of carbonyl (C=O) groups excluding carboxylic acids is 1. The third kappa shape index (κ3) is 1.91. The summed E-state index contributed by atoms with van der Waals surface area (Å²) in [6.45, 7) is 9.75. The molecule has 5 nitrogen and oxygen atoms in total. The van der Waals surface area contributed by atoms with Crippen LogP contribution in [-0.2, 0) is 14.2 Å². The Bertz CT molecular complexity index is 435. The predicted octanol–water partition coefficient (Wildman–Crippen LogP) is 2.42. The molecule has 0 spiro atoms. The minimum absolute atomic E-state index is 0.00105. The molecule has 0 aromatic rings. The van der Waals surface area contributed by atoms with Crippen LogP contribution in [0.4, 0.5) is 4.79 Å². The molecular formula is C14H22BrNO4. The summed E-state index contributed by atoms with van der Waals surface area (Å²) in [5.41, 5.74) is -1.25. The second-order valence-corrected chi connectivity index (χ2v) is 8.10. The first-order valence-electron chi connectivity index (χ1n) is 7.14. The standard InChI is InChI=1S/C14H22BrNO4/c1-6-8-7(2)14(16-12(17)20-13(3,4)5)11(15)10(18-8)9(6)19-14/h6-11H,1-5H3,(H,16,17)/t6-,7-,8-,9-,10+,11-,14+/m0/s1. The number of rotatable bonds is 1. The van der Waals surface area contributed by atoms with Crippen LogP contribution >= 0.6 is 15.9 Å². The van der Waals surface area contributed by atoms with Gasteiger partial charge < -0.3 is 14.2 Å². The summed E-state index contributed by atoms with van der Waals surface area (Å²) in [7, 11) is 0. The molecule has 0 aliphatic carbocycles. The summed E-state index contributed by atoms with van der Waals surface area (Å²) in [5.74, 6) is 0.426.